The van der Waals surface area contributed by atoms with E-state index in [9.17, 15) is 13.2 Å². The molecule has 0 unspecified atom stereocenters. The smallest absolute Gasteiger partial charge is 0.382 e. The lowest BCUT2D eigenvalue weighted by Crippen LogP contribution is -2.04. The number of rotatable bonds is 3. The molecule has 3 nitrogen and oxygen atoms in total. The molecule has 0 fully saturated rings. The van der Waals surface area contributed by atoms with Gasteiger partial charge in [-0.15, -0.1) is 11.3 Å². The standard InChI is InChI=1S/C16H16F3N3S/c1-4-13(11-5-7-12(8-6-11)16(17,18)19)21-9(2)14-15(20)22-10(3)23-14/h4-8H,20H2,1-3H3/b13-4-,21-9?. The van der Waals surface area contributed by atoms with Crippen molar-refractivity contribution in [2.45, 2.75) is 26.9 Å². The number of nitrogens with zero attached hydrogens (tertiary/aromatic N) is 2. The van der Waals surface area contributed by atoms with Crippen molar-refractivity contribution in [2.24, 2.45) is 4.99 Å². The number of benzene rings is 1. The SMILES string of the molecule is C/C=C(\N=C(C)c1sc(C)nc1N)c1ccc(C(F)(F)F)cc1. The maximum absolute atomic E-state index is 12.6. The largest absolute Gasteiger partial charge is 0.416 e. The number of hydrogen-bond donors (Lipinski definition) is 1. The molecule has 0 radical (unpaired) electrons. The second-order valence-corrected chi connectivity index (χ2v) is 6.10. The number of aliphatic imine (C=N–C) groups is 1. The summed E-state index contributed by atoms with van der Waals surface area (Å²) in [5.41, 5.74) is 7.04. The fraction of sp³-hybridized carbons (Fsp3) is 0.250. The zero-order chi connectivity index (χ0) is 17.2. The van der Waals surface area contributed by atoms with Crippen LogP contribution in [0, 0.1) is 6.92 Å². The number of alkyl halides is 3. The van der Waals surface area contributed by atoms with Gasteiger partial charge in [0.2, 0.25) is 0 Å². The molecule has 0 atom stereocenters. The van der Waals surface area contributed by atoms with E-state index >= 15 is 0 Å². The fourth-order valence-electron chi connectivity index (χ4n) is 2.06. The average Bonchev–Trinajstić information content (AvgIpc) is 2.82. The van der Waals surface area contributed by atoms with Crippen molar-refractivity contribution in [3.8, 4) is 0 Å². The maximum Gasteiger partial charge on any atom is 0.416 e. The van der Waals surface area contributed by atoms with Crippen LogP contribution in [0.25, 0.3) is 5.70 Å². The topological polar surface area (TPSA) is 51.3 Å². The first-order chi connectivity index (χ1) is 10.7. The Morgan fingerprint density at radius 2 is 1.87 bits per heavy atom. The van der Waals surface area contributed by atoms with Gasteiger partial charge in [-0.05, 0) is 38.5 Å². The average molecular weight is 339 g/mol. The minimum Gasteiger partial charge on any atom is -0.382 e. The number of thiazole rings is 1. The van der Waals surface area contributed by atoms with E-state index in [0.29, 0.717) is 22.8 Å². The molecule has 0 bridgehead atoms. The van der Waals surface area contributed by atoms with Gasteiger partial charge in [0.15, 0.2) is 0 Å². The number of allylic oxidation sites excluding steroid dienone is 1. The molecular formula is C16H16F3N3S. The van der Waals surface area contributed by atoms with Crippen LogP contribution in [0.15, 0.2) is 35.3 Å². The molecule has 0 aliphatic heterocycles. The van der Waals surface area contributed by atoms with Gasteiger partial charge in [-0.3, -0.25) is 4.99 Å². The maximum atomic E-state index is 12.6. The lowest BCUT2D eigenvalue weighted by atomic mass is 10.1. The number of hydrogen-bond acceptors (Lipinski definition) is 4. The van der Waals surface area contributed by atoms with E-state index in [4.69, 9.17) is 5.73 Å². The summed E-state index contributed by atoms with van der Waals surface area (Å²) >= 11 is 1.43. The second-order valence-electron chi connectivity index (χ2n) is 4.89. The molecule has 1 heterocycles. The third-order valence-corrected chi connectivity index (χ3v) is 4.25. The summed E-state index contributed by atoms with van der Waals surface area (Å²) in [4.78, 5) is 9.41. The Balaban J connectivity index is 2.33. The molecule has 1 aromatic heterocycles. The summed E-state index contributed by atoms with van der Waals surface area (Å²) < 4.78 is 37.9. The normalized spacial score (nSPS) is 13.5. The van der Waals surface area contributed by atoms with Crippen molar-refractivity contribution in [1.29, 1.82) is 0 Å². The van der Waals surface area contributed by atoms with Crippen LogP contribution in [-0.4, -0.2) is 10.7 Å². The van der Waals surface area contributed by atoms with Crippen LogP contribution in [0.5, 0.6) is 0 Å². The Bertz CT molecular complexity index is 756. The van der Waals surface area contributed by atoms with Gasteiger partial charge in [-0.2, -0.15) is 13.2 Å². The molecule has 2 rings (SSSR count). The van der Waals surface area contributed by atoms with Crippen molar-refractivity contribution in [3.05, 3.63) is 51.4 Å². The highest BCUT2D eigenvalue weighted by atomic mass is 32.1. The molecule has 7 heteroatoms. The first-order valence-electron chi connectivity index (χ1n) is 6.85. The number of aryl methyl sites for hydroxylation is 1. The first kappa shape index (κ1) is 17.2. The van der Waals surface area contributed by atoms with Gasteiger partial charge < -0.3 is 5.73 Å². The lowest BCUT2D eigenvalue weighted by molar-refractivity contribution is -0.137. The molecule has 0 spiro atoms. The Morgan fingerprint density at radius 3 is 2.30 bits per heavy atom. The van der Waals surface area contributed by atoms with Crippen molar-refractivity contribution >= 4 is 28.6 Å². The second kappa shape index (κ2) is 6.54. The van der Waals surface area contributed by atoms with Crippen molar-refractivity contribution in [3.63, 3.8) is 0 Å². The lowest BCUT2D eigenvalue weighted by Gasteiger charge is -2.08. The highest BCUT2D eigenvalue weighted by Crippen LogP contribution is 2.30. The predicted molar refractivity (Wildman–Crippen MR) is 88.6 cm³/mol. The Morgan fingerprint density at radius 1 is 1.26 bits per heavy atom. The van der Waals surface area contributed by atoms with Gasteiger partial charge >= 0.3 is 6.18 Å². The van der Waals surface area contributed by atoms with Crippen LogP contribution in [0.2, 0.25) is 0 Å². The summed E-state index contributed by atoms with van der Waals surface area (Å²) in [6.45, 7) is 5.44. The van der Waals surface area contributed by atoms with E-state index in [0.717, 1.165) is 22.0 Å². The summed E-state index contributed by atoms with van der Waals surface area (Å²) in [6, 6.07) is 4.93. The van der Waals surface area contributed by atoms with E-state index in [1.807, 2.05) is 6.92 Å². The predicted octanol–water partition coefficient (Wildman–Crippen LogP) is 4.92. The zero-order valence-electron chi connectivity index (χ0n) is 12.9. The summed E-state index contributed by atoms with van der Waals surface area (Å²) in [5, 5.41) is 0.837. The summed E-state index contributed by atoms with van der Waals surface area (Å²) in [7, 11) is 0. The van der Waals surface area contributed by atoms with Crippen LogP contribution in [0.1, 0.15) is 34.9 Å². The summed E-state index contributed by atoms with van der Waals surface area (Å²) in [6.07, 6.45) is -2.60. The van der Waals surface area contributed by atoms with Gasteiger partial charge in [0.25, 0.3) is 0 Å². The highest BCUT2D eigenvalue weighted by molar-refractivity contribution is 7.14. The fourth-order valence-corrected chi connectivity index (χ4v) is 2.84. The third kappa shape index (κ3) is 3.98. The third-order valence-electron chi connectivity index (χ3n) is 3.16. The van der Waals surface area contributed by atoms with Crippen molar-refractivity contribution < 1.29 is 13.2 Å². The minimum atomic E-state index is -4.34. The Hall–Kier alpha value is -2.15. The molecule has 0 aliphatic carbocycles. The molecule has 1 aromatic carbocycles. The van der Waals surface area contributed by atoms with Crippen LogP contribution < -0.4 is 5.73 Å². The van der Waals surface area contributed by atoms with E-state index in [1.165, 1.54) is 23.5 Å². The number of nitrogens with two attached hydrogens (primary N) is 1. The van der Waals surface area contributed by atoms with Gasteiger partial charge in [-0.25, -0.2) is 4.98 Å². The molecule has 0 amide bonds. The molecule has 23 heavy (non-hydrogen) atoms. The zero-order valence-corrected chi connectivity index (χ0v) is 13.7. The quantitative estimate of drug-likeness (QED) is 0.807. The van der Waals surface area contributed by atoms with Crippen LogP contribution in [0.4, 0.5) is 19.0 Å². The van der Waals surface area contributed by atoms with E-state index in [1.54, 1.807) is 19.9 Å². The highest BCUT2D eigenvalue weighted by Gasteiger charge is 2.30. The Kier molecular flexibility index (Phi) is 4.89. The first-order valence-corrected chi connectivity index (χ1v) is 7.66. The Labute approximate surface area is 136 Å². The van der Waals surface area contributed by atoms with E-state index < -0.39 is 11.7 Å². The molecule has 0 aliphatic rings. The van der Waals surface area contributed by atoms with E-state index in [2.05, 4.69) is 9.98 Å². The number of nitrogen functional groups attached to an aromatic ring is 1. The number of anilines is 1. The van der Waals surface area contributed by atoms with Crippen molar-refractivity contribution in [1.82, 2.24) is 4.98 Å². The molecule has 2 N–H and O–H groups in total. The number of aromatic nitrogens is 1. The van der Waals surface area contributed by atoms with Gasteiger partial charge in [0.1, 0.15) is 5.82 Å². The van der Waals surface area contributed by atoms with Crippen LogP contribution in [-0.2, 0) is 6.18 Å². The minimum absolute atomic E-state index is 0.414. The summed E-state index contributed by atoms with van der Waals surface area (Å²) in [5.74, 6) is 0.414. The van der Waals surface area contributed by atoms with E-state index in [-0.39, 0.29) is 0 Å². The van der Waals surface area contributed by atoms with Crippen molar-refractivity contribution in [2.75, 3.05) is 5.73 Å². The van der Waals surface area contributed by atoms with Crippen LogP contribution in [0.3, 0.4) is 0 Å². The number of halogens is 3. The van der Waals surface area contributed by atoms with Gasteiger partial charge in [-0.1, -0.05) is 18.2 Å². The molecular weight excluding hydrogens is 323 g/mol. The molecule has 122 valence electrons. The monoisotopic (exact) mass is 339 g/mol. The molecule has 2 aromatic rings. The van der Waals surface area contributed by atoms with Gasteiger partial charge in [0, 0.05) is 0 Å². The van der Waals surface area contributed by atoms with Gasteiger partial charge in [0.05, 0.1) is 26.9 Å². The molecule has 0 saturated heterocycles. The van der Waals surface area contributed by atoms with Crippen LogP contribution >= 0.6 is 11.3 Å². The molecule has 0 saturated carbocycles.